The van der Waals surface area contributed by atoms with Crippen LogP contribution in [0.5, 0.6) is 0 Å². The van der Waals surface area contributed by atoms with Gasteiger partial charge in [-0.25, -0.2) is 0 Å². The lowest BCUT2D eigenvalue weighted by molar-refractivity contribution is -0.302. The van der Waals surface area contributed by atoms with Crippen molar-refractivity contribution >= 4 is 5.91 Å². The molecule has 0 saturated carbocycles. The zero-order chi connectivity index (χ0) is 50.1. The van der Waals surface area contributed by atoms with Gasteiger partial charge in [-0.15, -0.1) is 0 Å². The van der Waals surface area contributed by atoms with Crippen LogP contribution in [0.2, 0.25) is 0 Å². The van der Waals surface area contributed by atoms with Crippen LogP contribution in [-0.4, -0.2) is 87.5 Å². The largest absolute Gasteiger partial charge is 0.394 e. The predicted molar refractivity (Wildman–Crippen MR) is 290 cm³/mol. The minimum atomic E-state index is -1.58. The third-order valence-corrected chi connectivity index (χ3v) is 13.6. The molecule has 1 heterocycles. The first-order valence-electron chi connectivity index (χ1n) is 29.0. The van der Waals surface area contributed by atoms with Crippen molar-refractivity contribution in [1.82, 2.24) is 5.32 Å². The molecule has 69 heavy (non-hydrogen) atoms. The van der Waals surface area contributed by atoms with Crippen molar-refractivity contribution < 1.29 is 39.8 Å². The predicted octanol–water partition coefficient (Wildman–Crippen LogP) is 14.3. The molecule has 9 heteroatoms. The Hall–Kier alpha value is -2.11. The van der Waals surface area contributed by atoms with E-state index in [-0.39, 0.29) is 12.5 Å². The van der Waals surface area contributed by atoms with Gasteiger partial charge in [-0.3, -0.25) is 4.79 Å². The van der Waals surface area contributed by atoms with E-state index in [1.807, 2.05) is 6.08 Å². The molecule has 0 aromatic heterocycles. The van der Waals surface area contributed by atoms with E-state index in [1.165, 1.54) is 173 Å². The molecule has 0 aromatic rings. The second-order valence-electron chi connectivity index (χ2n) is 20.1. The molecular formula is C60H109NO8. The van der Waals surface area contributed by atoms with Gasteiger partial charge in [0.2, 0.25) is 5.91 Å². The van der Waals surface area contributed by atoms with E-state index in [4.69, 9.17) is 9.47 Å². The van der Waals surface area contributed by atoms with E-state index >= 15 is 0 Å². The number of carbonyl (C=O) groups is 1. The van der Waals surface area contributed by atoms with Gasteiger partial charge in [0.15, 0.2) is 6.29 Å². The van der Waals surface area contributed by atoms with E-state index < -0.39 is 49.5 Å². The molecule has 402 valence electrons. The number of nitrogens with one attached hydrogen (secondary N) is 1. The number of aliphatic hydroxyl groups excluding tert-OH is 5. The highest BCUT2D eigenvalue weighted by Gasteiger charge is 2.44. The Balaban J connectivity index is 2.26. The van der Waals surface area contributed by atoms with Crippen molar-refractivity contribution in [1.29, 1.82) is 0 Å². The molecule has 0 spiro atoms. The van der Waals surface area contributed by atoms with Gasteiger partial charge in [-0.2, -0.15) is 0 Å². The van der Waals surface area contributed by atoms with Gasteiger partial charge in [-0.05, 0) is 70.6 Å². The summed E-state index contributed by atoms with van der Waals surface area (Å²) in [5.41, 5.74) is 0. The van der Waals surface area contributed by atoms with Gasteiger partial charge in [0.05, 0.1) is 25.4 Å². The normalized spacial score (nSPS) is 19.9. The highest BCUT2D eigenvalue weighted by atomic mass is 16.7. The van der Waals surface area contributed by atoms with Crippen LogP contribution in [0.25, 0.3) is 0 Å². The molecule has 7 atom stereocenters. The quantitative estimate of drug-likeness (QED) is 0.0261. The topological polar surface area (TPSA) is 149 Å². The van der Waals surface area contributed by atoms with Crippen molar-refractivity contribution in [2.45, 2.75) is 301 Å². The lowest BCUT2D eigenvalue weighted by Gasteiger charge is -2.40. The van der Waals surface area contributed by atoms with E-state index in [1.54, 1.807) is 6.08 Å². The van der Waals surface area contributed by atoms with Crippen LogP contribution in [0.1, 0.15) is 258 Å². The summed E-state index contributed by atoms with van der Waals surface area (Å²) in [5.74, 6) is -0.199. The van der Waals surface area contributed by atoms with Crippen molar-refractivity contribution in [3.8, 4) is 0 Å². The van der Waals surface area contributed by atoms with Crippen LogP contribution in [-0.2, 0) is 14.3 Å². The van der Waals surface area contributed by atoms with Gasteiger partial charge in [0.25, 0.3) is 0 Å². The van der Waals surface area contributed by atoms with Crippen LogP contribution in [0.15, 0.2) is 60.8 Å². The number of ether oxygens (including phenoxy) is 2. The molecule has 6 N–H and O–H groups in total. The Labute approximate surface area is 424 Å². The highest BCUT2D eigenvalue weighted by molar-refractivity contribution is 5.76. The molecule has 0 radical (unpaired) electrons. The monoisotopic (exact) mass is 972 g/mol. The molecule has 1 aliphatic heterocycles. The molecule has 0 aromatic carbocycles. The number of rotatable bonds is 49. The molecule has 1 saturated heterocycles. The third kappa shape index (κ3) is 39.1. The maximum absolute atomic E-state index is 13.0. The summed E-state index contributed by atoms with van der Waals surface area (Å²) in [5, 5.41) is 54.5. The van der Waals surface area contributed by atoms with Crippen LogP contribution in [0, 0.1) is 0 Å². The van der Waals surface area contributed by atoms with Crippen molar-refractivity contribution in [2.75, 3.05) is 13.2 Å². The van der Waals surface area contributed by atoms with E-state index in [0.717, 1.165) is 64.2 Å². The summed E-state index contributed by atoms with van der Waals surface area (Å²) in [7, 11) is 0. The standard InChI is InChI=1S/C60H109NO8/c1-3-5-7-9-11-13-15-17-19-21-23-24-25-26-27-28-29-30-32-33-35-37-39-41-43-45-47-49-54(63)53(52-68-60-59(67)58(66)57(65)55(51-62)69-60)61-56(64)50-48-46-44-42-40-38-36-34-31-22-20-18-16-14-12-10-8-6-4-2/h12,14,18,20,31,34,39,41,47,49,53-55,57-60,62-63,65-67H,3-11,13,15-17,19,21-30,32-33,35-38,40,42-46,48,50-52H2,1-2H3,(H,61,64)/b14-12-,20-18-,34-31-,41-39+,49-47+. The average molecular weight is 973 g/mol. The fourth-order valence-corrected chi connectivity index (χ4v) is 8.95. The van der Waals surface area contributed by atoms with Gasteiger partial charge in [0, 0.05) is 6.42 Å². The maximum Gasteiger partial charge on any atom is 0.220 e. The Morgan fingerprint density at radius 3 is 1.35 bits per heavy atom. The number of hydrogen-bond acceptors (Lipinski definition) is 8. The van der Waals surface area contributed by atoms with E-state index in [0.29, 0.717) is 6.42 Å². The molecule has 1 rings (SSSR count). The Morgan fingerprint density at radius 1 is 0.493 bits per heavy atom. The van der Waals surface area contributed by atoms with Crippen molar-refractivity contribution in [3.63, 3.8) is 0 Å². The fourth-order valence-electron chi connectivity index (χ4n) is 8.95. The molecule has 7 unspecified atom stereocenters. The third-order valence-electron chi connectivity index (χ3n) is 13.6. The SMILES string of the molecule is CCCCC/C=C\C/C=C\C/C=C\CCCCCCCCC(=O)NC(COC1OC(CO)C(O)C(O)C1O)C(O)/C=C/CC/C=C/CCCCCCCCCCCCCCCCCCCCCCC. The van der Waals surface area contributed by atoms with Gasteiger partial charge in [0.1, 0.15) is 24.4 Å². The molecular weight excluding hydrogens is 863 g/mol. The van der Waals surface area contributed by atoms with Crippen LogP contribution >= 0.6 is 0 Å². The van der Waals surface area contributed by atoms with Crippen molar-refractivity contribution in [3.05, 3.63) is 60.8 Å². The number of hydrogen-bond donors (Lipinski definition) is 6. The zero-order valence-corrected chi connectivity index (χ0v) is 44.6. The summed E-state index contributed by atoms with van der Waals surface area (Å²) in [6, 6.07) is -0.832. The number of amides is 1. The van der Waals surface area contributed by atoms with Crippen molar-refractivity contribution in [2.24, 2.45) is 0 Å². The first kappa shape index (κ1) is 64.9. The number of carbonyl (C=O) groups excluding carboxylic acids is 1. The minimum absolute atomic E-state index is 0.199. The lowest BCUT2D eigenvalue weighted by Crippen LogP contribution is -2.60. The molecule has 0 bridgehead atoms. The minimum Gasteiger partial charge on any atom is -0.394 e. The molecule has 1 amide bonds. The smallest absolute Gasteiger partial charge is 0.220 e. The number of unbranched alkanes of at least 4 members (excludes halogenated alkanes) is 31. The molecule has 9 nitrogen and oxygen atoms in total. The van der Waals surface area contributed by atoms with Gasteiger partial charge >= 0.3 is 0 Å². The molecule has 1 aliphatic rings. The van der Waals surface area contributed by atoms with E-state index in [9.17, 15) is 30.3 Å². The maximum atomic E-state index is 13.0. The summed E-state index contributed by atoms with van der Waals surface area (Å²) in [6.45, 7) is 3.74. The summed E-state index contributed by atoms with van der Waals surface area (Å²) in [4.78, 5) is 13.0. The summed E-state index contributed by atoms with van der Waals surface area (Å²) in [6.07, 6.45) is 60.0. The first-order chi connectivity index (χ1) is 33.8. The van der Waals surface area contributed by atoms with E-state index in [2.05, 4.69) is 67.8 Å². The average Bonchev–Trinajstić information content (AvgIpc) is 3.35. The van der Waals surface area contributed by atoms with Crippen LogP contribution in [0.4, 0.5) is 0 Å². The Kier molecular flexibility index (Phi) is 46.5. The second-order valence-corrected chi connectivity index (χ2v) is 20.1. The number of allylic oxidation sites excluding steroid dienone is 9. The summed E-state index contributed by atoms with van der Waals surface area (Å²) < 4.78 is 11.2. The van der Waals surface area contributed by atoms with Gasteiger partial charge in [-0.1, -0.05) is 242 Å². The van der Waals surface area contributed by atoms with Crippen LogP contribution < -0.4 is 5.32 Å². The Morgan fingerprint density at radius 2 is 0.870 bits per heavy atom. The first-order valence-corrected chi connectivity index (χ1v) is 29.0. The highest BCUT2D eigenvalue weighted by Crippen LogP contribution is 2.23. The summed E-state index contributed by atoms with van der Waals surface area (Å²) >= 11 is 0. The molecule has 1 fully saturated rings. The fraction of sp³-hybridized carbons (Fsp3) is 0.817. The lowest BCUT2D eigenvalue weighted by atomic mass is 9.99. The Bertz CT molecular complexity index is 1270. The zero-order valence-electron chi connectivity index (χ0n) is 44.6. The van der Waals surface area contributed by atoms with Crippen LogP contribution in [0.3, 0.4) is 0 Å². The van der Waals surface area contributed by atoms with Gasteiger partial charge < -0.3 is 40.3 Å². The molecule has 0 aliphatic carbocycles. The number of aliphatic hydroxyl groups is 5. The second kappa shape index (κ2) is 49.5.